The minimum atomic E-state index is -0.103. The van der Waals surface area contributed by atoms with Crippen LogP contribution in [0.25, 0.3) is 0 Å². The van der Waals surface area contributed by atoms with Crippen molar-refractivity contribution in [1.29, 1.82) is 0 Å². The molecule has 0 aromatic heterocycles. The van der Waals surface area contributed by atoms with Gasteiger partial charge in [-0.05, 0) is 31.4 Å². The molecule has 0 bridgehead atoms. The summed E-state index contributed by atoms with van der Waals surface area (Å²) in [6.45, 7) is 2.57. The number of rotatable bonds is 2. The lowest BCUT2D eigenvalue weighted by atomic mass is 9.69. The Labute approximate surface area is 96.9 Å². The molecule has 1 nitrogen and oxygen atoms in total. The summed E-state index contributed by atoms with van der Waals surface area (Å²) in [6.07, 6.45) is 5.66. The maximum absolute atomic E-state index is 13.9. The second-order valence-electron chi connectivity index (χ2n) is 5.03. The lowest BCUT2D eigenvalue weighted by Gasteiger charge is -2.37. The number of nitrogens with two attached hydrogens (primary N) is 1. The highest BCUT2D eigenvalue weighted by atomic mass is 19.1. The molecule has 16 heavy (non-hydrogen) atoms. The number of hydrogen-bond acceptors (Lipinski definition) is 1. The normalized spacial score (nSPS) is 19.7. The summed E-state index contributed by atoms with van der Waals surface area (Å²) in [5.74, 6) is -0.0852. The Morgan fingerprint density at radius 1 is 1.25 bits per heavy atom. The van der Waals surface area contributed by atoms with Crippen LogP contribution >= 0.6 is 0 Å². The fourth-order valence-electron chi connectivity index (χ4n) is 2.86. The van der Waals surface area contributed by atoms with Crippen molar-refractivity contribution in [2.45, 2.75) is 44.4 Å². The highest BCUT2D eigenvalue weighted by Crippen LogP contribution is 2.39. The average Bonchev–Trinajstić information content (AvgIpc) is 2.33. The topological polar surface area (TPSA) is 26.0 Å². The van der Waals surface area contributed by atoms with E-state index < -0.39 is 0 Å². The fraction of sp³-hybridized carbons (Fsp3) is 0.571. The molecule has 0 unspecified atom stereocenters. The van der Waals surface area contributed by atoms with E-state index in [1.165, 1.54) is 19.3 Å². The van der Waals surface area contributed by atoms with E-state index in [0.29, 0.717) is 6.54 Å². The SMILES string of the molecule is Cc1ccc(F)c(C2(CN)CCCCC2)c1. The Hall–Kier alpha value is -0.890. The molecule has 0 aliphatic heterocycles. The van der Waals surface area contributed by atoms with Crippen LogP contribution in [0.5, 0.6) is 0 Å². The van der Waals surface area contributed by atoms with Crippen LogP contribution in [0.2, 0.25) is 0 Å². The number of halogens is 1. The summed E-state index contributed by atoms with van der Waals surface area (Å²) in [5.41, 5.74) is 7.78. The van der Waals surface area contributed by atoms with E-state index in [4.69, 9.17) is 5.73 Å². The van der Waals surface area contributed by atoms with Crippen molar-refractivity contribution in [3.63, 3.8) is 0 Å². The number of hydrogen-bond donors (Lipinski definition) is 1. The fourth-order valence-corrected chi connectivity index (χ4v) is 2.86. The van der Waals surface area contributed by atoms with Gasteiger partial charge < -0.3 is 5.73 Å². The minimum Gasteiger partial charge on any atom is -0.330 e. The van der Waals surface area contributed by atoms with Crippen LogP contribution in [0.3, 0.4) is 0 Å². The predicted octanol–water partition coefficient (Wildman–Crippen LogP) is 3.29. The second-order valence-corrected chi connectivity index (χ2v) is 5.03. The molecule has 2 rings (SSSR count). The molecular formula is C14H20FN. The van der Waals surface area contributed by atoms with E-state index in [1.54, 1.807) is 6.07 Å². The molecule has 0 saturated heterocycles. The van der Waals surface area contributed by atoms with Crippen LogP contribution < -0.4 is 5.73 Å². The summed E-state index contributed by atoms with van der Waals surface area (Å²) in [6, 6.07) is 5.38. The summed E-state index contributed by atoms with van der Waals surface area (Å²) in [7, 11) is 0. The maximum atomic E-state index is 13.9. The van der Waals surface area contributed by atoms with Gasteiger partial charge in [0.1, 0.15) is 5.82 Å². The van der Waals surface area contributed by atoms with Crippen LogP contribution in [0.1, 0.15) is 43.2 Å². The van der Waals surface area contributed by atoms with Gasteiger partial charge in [-0.1, -0.05) is 37.0 Å². The third kappa shape index (κ3) is 1.99. The van der Waals surface area contributed by atoms with Crippen LogP contribution in [0, 0.1) is 12.7 Å². The summed E-state index contributed by atoms with van der Waals surface area (Å²) in [5, 5.41) is 0. The summed E-state index contributed by atoms with van der Waals surface area (Å²) < 4.78 is 13.9. The smallest absolute Gasteiger partial charge is 0.127 e. The summed E-state index contributed by atoms with van der Waals surface area (Å²) in [4.78, 5) is 0. The molecule has 1 saturated carbocycles. The number of benzene rings is 1. The molecule has 2 N–H and O–H groups in total. The molecule has 1 aliphatic rings. The van der Waals surface area contributed by atoms with Gasteiger partial charge in [0, 0.05) is 12.0 Å². The Bertz CT molecular complexity index is 367. The standard InChI is InChI=1S/C14H20FN/c1-11-5-6-13(15)12(9-11)14(10-16)7-3-2-4-8-14/h5-6,9H,2-4,7-8,10,16H2,1H3. The molecule has 1 aliphatic carbocycles. The van der Waals surface area contributed by atoms with Gasteiger partial charge in [0.05, 0.1) is 0 Å². The number of aryl methyl sites for hydroxylation is 1. The Morgan fingerprint density at radius 3 is 2.56 bits per heavy atom. The van der Waals surface area contributed by atoms with Crippen molar-refractivity contribution in [1.82, 2.24) is 0 Å². The zero-order valence-corrected chi connectivity index (χ0v) is 9.93. The van der Waals surface area contributed by atoms with Gasteiger partial charge in [-0.3, -0.25) is 0 Å². The zero-order valence-electron chi connectivity index (χ0n) is 9.93. The minimum absolute atomic E-state index is 0.0852. The van der Waals surface area contributed by atoms with Crippen molar-refractivity contribution in [3.8, 4) is 0 Å². The molecule has 88 valence electrons. The van der Waals surface area contributed by atoms with Crippen LogP contribution in [-0.4, -0.2) is 6.54 Å². The van der Waals surface area contributed by atoms with Crippen molar-refractivity contribution in [2.75, 3.05) is 6.54 Å². The monoisotopic (exact) mass is 221 g/mol. The van der Waals surface area contributed by atoms with E-state index in [2.05, 4.69) is 0 Å². The first-order chi connectivity index (χ1) is 7.68. The molecular weight excluding hydrogens is 201 g/mol. The maximum Gasteiger partial charge on any atom is 0.127 e. The van der Waals surface area contributed by atoms with Crippen molar-refractivity contribution in [2.24, 2.45) is 5.73 Å². The lowest BCUT2D eigenvalue weighted by molar-refractivity contribution is 0.291. The first-order valence-corrected chi connectivity index (χ1v) is 6.15. The van der Waals surface area contributed by atoms with Gasteiger partial charge in [0.2, 0.25) is 0 Å². The molecule has 0 atom stereocenters. The van der Waals surface area contributed by atoms with Gasteiger partial charge in [-0.15, -0.1) is 0 Å². The Morgan fingerprint density at radius 2 is 1.94 bits per heavy atom. The van der Waals surface area contributed by atoms with E-state index >= 15 is 0 Å². The Balaban J connectivity index is 2.42. The molecule has 1 aromatic carbocycles. The average molecular weight is 221 g/mol. The van der Waals surface area contributed by atoms with Crippen LogP contribution in [0.15, 0.2) is 18.2 Å². The Kier molecular flexibility index (Phi) is 3.29. The molecule has 1 fully saturated rings. The molecule has 0 spiro atoms. The third-order valence-corrected chi connectivity index (χ3v) is 3.89. The van der Waals surface area contributed by atoms with Crippen LogP contribution in [-0.2, 0) is 5.41 Å². The molecule has 0 amide bonds. The highest BCUT2D eigenvalue weighted by Gasteiger charge is 2.34. The van der Waals surface area contributed by atoms with Gasteiger partial charge in [-0.2, -0.15) is 0 Å². The first-order valence-electron chi connectivity index (χ1n) is 6.15. The van der Waals surface area contributed by atoms with Crippen molar-refractivity contribution in [3.05, 3.63) is 35.1 Å². The van der Waals surface area contributed by atoms with Crippen molar-refractivity contribution < 1.29 is 4.39 Å². The highest BCUT2D eigenvalue weighted by molar-refractivity contribution is 5.32. The molecule has 1 aromatic rings. The molecule has 0 heterocycles. The van der Waals surface area contributed by atoms with Gasteiger partial charge in [0.25, 0.3) is 0 Å². The first kappa shape index (κ1) is 11.6. The predicted molar refractivity (Wildman–Crippen MR) is 65.0 cm³/mol. The zero-order chi connectivity index (χ0) is 11.6. The molecule has 2 heteroatoms. The van der Waals surface area contributed by atoms with E-state index in [1.807, 2.05) is 19.1 Å². The van der Waals surface area contributed by atoms with Gasteiger partial charge in [-0.25, -0.2) is 4.39 Å². The third-order valence-electron chi connectivity index (χ3n) is 3.89. The van der Waals surface area contributed by atoms with E-state index in [9.17, 15) is 4.39 Å². The van der Waals surface area contributed by atoms with Gasteiger partial charge in [0.15, 0.2) is 0 Å². The van der Waals surface area contributed by atoms with Crippen molar-refractivity contribution >= 4 is 0 Å². The lowest BCUT2D eigenvalue weighted by Crippen LogP contribution is -2.38. The largest absolute Gasteiger partial charge is 0.330 e. The molecule has 0 radical (unpaired) electrons. The summed E-state index contributed by atoms with van der Waals surface area (Å²) >= 11 is 0. The van der Waals surface area contributed by atoms with Gasteiger partial charge >= 0.3 is 0 Å². The quantitative estimate of drug-likeness (QED) is 0.814. The second kappa shape index (κ2) is 4.54. The van der Waals surface area contributed by atoms with E-state index in [0.717, 1.165) is 24.0 Å². The van der Waals surface area contributed by atoms with Crippen LogP contribution in [0.4, 0.5) is 4.39 Å². The van der Waals surface area contributed by atoms with E-state index in [-0.39, 0.29) is 11.2 Å².